The molecule has 2 N–H and O–H groups in total. The highest BCUT2D eigenvalue weighted by molar-refractivity contribution is 8.14. The van der Waals surface area contributed by atoms with Crippen LogP contribution in [0.25, 0.3) is 0 Å². The molecule has 1 fully saturated rings. The zero-order valence-electron chi connectivity index (χ0n) is 26.8. The molecular weight excluding hydrogens is 560 g/mol. The highest BCUT2D eigenvalue weighted by Crippen LogP contribution is 2.25. The summed E-state index contributed by atoms with van der Waals surface area (Å²) >= 11 is 1.57. The number of aliphatic hydroxyl groups is 1. The van der Waals surface area contributed by atoms with E-state index in [2.05, 4.69) is 77.6 Å². The molecule has 1 atom stereocenters. The minimum atomic E-state index is -0.875. The van der Waals surface area contributed by atoms with Crippen LogP contribution in [0.4, 0.5) is 4.79 Å². The van der Waals surface area contributed by atoms with Gasteiger partial charge in [0.1, 0.15) is 5.60 Å². The van der Waals surface area contributed by atoms with Gasteiger partial charge in [0.2, 0.25) is 0 Å². The average molecular weight is 611 g/mol. The van der Waals surface area contributed by atoms with E-state index in [9.17, 15) is 9.90 Å². The Balaban J connectivity index is 1.66. The molecule has 9 nitrogen and oxygen atoms in total. The van der Waals surface area contributed by atoms with Crippen molar-refractivity contribution < 1.29 is 14.6 Å². The van der Waals surface area contributed by atoms with Crippen molar-refractivity contribution in [2.24, 2.45) is 10.1 Å². The number of hydrazone groups is 1. The summed E-state index contributed by atoms with van der Waals surface area (Å²) in [6, 6.07) is 0. The molecule has 236 valence electrons. The smallest absolute Gasteiger partial charge is 0.410 e. The number of hydrogen-bond acceptors (Lipinski definition) is 9. The summed E-state index contributed by atoms with van der Waals surface area (Å²) in [5.74, 6) is 0.701. The van der Waals surface area contributed by atoms with E-state index < -0.39 is 11.8 Å². The molecule has 1 saturated heterocycles. The van der Waals surface area contributed by atoms with Crippen molar-refractivity contribution in [3.05, 3.63) is 71.3 Å². The molecule has 10 heteroatoms. The van der Waals surface area contributed by atoms with Gasteiger partial charge in [-0.15, -0.1) is 0 Å². The number of aliphatic imine (C=N–C) groups is 1. The van der Waals surface area contributed by atoms with Gasteiger partial charge in [0.25, 0.3) is 0 Å². The van der Waals surface area contributed by atoms with Crippen LogP contribution in [0.1, 0.15) is 67.2 Å². The molecule has 0 bridgehead atoms. The molecular formula is C33H50N6O3S. The van der Waals surface area contributed by atoms with Crippen molar-refractivity contribution in [1.29, 1.82) is 0 Å². The third kappa shape index (κ3) is 11.4. The molecule has 1 amide bonds. The summed E-state index contributed by atoms with van der Waals surface area (Å²) < 4.78 is 5.62. The fourth-order valence-corrected chi connectivity index (χ4v) is 5.69. The van der Waals surface area contributed by atoms with E-state index in [4.69, 9.17) is 4.74 Å². The molecule has 43 heavy (non-hydrogen) atoms. The predicted molar refractivity (Wildman–Crippen MR) is 180 cm³/mol. The standard InChI is InChI=1S/C33H50N6O3S/c1-7-9-14-27(8-2)26(3)24-39-20-17-34-31(36-35-23-30(39)40)43-25-28-15-11-10-12-16-29(28)37-18-13-19-38(22-21-37)32(41)42-33(4,5)6/h9-10,12,14-17,20,23,30,40H,7-8,11,13,18-19,21-22,24-25H2,1-6H3,(H,34,36)/b14-9-,20-17-,27-26-,35-23+. The Bertz CT molecular complexity index is 1190. The minimum Gasteiger partial charge on any atom is -0.444 e. The molecule has 0 aromatic carbocycles. The highest BCUT2D eigenvalue weighted by Gasteiger charge is 2.26. The Morgan fingerprint density at radius 2 is 2.05 bits per heavy atom. The molecule has 1 aliphatic carbocycles. The Hall–Kier alpha value is -3.24. The maximum Gasteiger partial charge on any atom is 0.410 e. The van der Waals surface area contributed by atoms with Crippen LogP contribution in [0.3, 0.4) is 0 Å². The van der Waals surface area contributed by atoms with E-state index in [1.807, 2.05) is 36.8 Å². The lowest BCUT2D eigenvalue weighted by atomic mass is 10.1. The topological polar surface area (TPSA) is 93.0 Å². The van der Waals surface area contributed by atoms with Crippen molar-refractivity contribution >= 4 is 29.2 Å². The SMILES string of the molecule is CC/C=C\C(CC)=C(\C)CN1/C=C\N=C(SCC2=CCC=CC=C2N2CCCN(C(=O)OC(C)(C)C)CC2)N/N=C/C1O. The number of hydrogen-bond donors (Lipinski definition) is 2. The molecule has 0 aromatic heterocycles. The van der Waals surface area contributed by atoms with Gasteiger partial charge in [-0.05, 0) is 70.6 Å². The quantitative estimate of drug-likeness (QED) is 0.318. The van der Waals surface area contributed by atoms with Crippen LogP contribution < -0.4 is 5.43 Å². The van der Waals surface area contributed by atoms with E-state index in [0.29, 0.717) is 30.6 Å². The second kappa shape index (κ2) is 17.2. The highest BCUT2D eigenvalue weighted by atomic mass is 32.2. The van der Waals surface area contributed by atoms with Crippen molar-refractivity contribution in [2.45, 2.75) is 79.1 Å². The molecule has 0 saturated carbocycles. The normalized spacial score (nSPS) is 22.2. The van der Waals surface area contributed by atoms with Crippen molar-refractivity contribution in [3.63, 3.8) is 0 Å². The summed E-state index contributed by atoms with van der Waals surface area (Å²) in [6.45, 7) is 15.6. The van der Waals surface area contributed by atoms with Crippen molar-refractivity contribution in [2.75, 3.05) is 38.5 Å². The maximum atomic E-state index is 12.7. The van der Waals surface area contributed by atoms with Crippen LogP contribution in [0.15, 0.2) is 81.4 Å². The number of allylic oxidation sites excluding steroid dienone is 8. The molecule has 3 aliphatic rings. The summed E-state index contributed by atoms with van der Waals surface area (Å²) in [4.78, 5) is 23.3. The second-order valence-corrected chi connectivity index (χ2v) is 12.7. The number of ether oxygens (including phenoxy) is 1. The van der Waals surface area contributed by atoms with E-state index >= 15 is 0 Å². The molecule has 0 radical (unpaired) electrons. The zero-order valence-corrected chi connectivity index (χ0v) is 27.6. The Morgan fingerprint density at radius 3 is 2.79 bits per heavy atom. The third-order valence-electron chi connectivity index (χ3n) is 7.13. The lowest BCUT2D eigenvalue weighted by molar-refractivity contribution is 0.0259. The van der Waals surface area contributed by atoms with Crippen LogP contribution in [-0.4, -0.2) is 87.6 Å². The molecule has 2 aliphatic heterocycles. The molecule has 0 aromatic rings. The molecule has 1 unspecified atom stereocenters. The van der Waals surface area contributed by atoms with Gasteiger partial charge in [-0.3, -0.25) is 5.43 Å². The predicted octanol–water partition coefficient (Wildman–Crippen LogP) is 6.16. The maximum absolute atomic E-state index is 12.7. The lowest BCUT2D eigenvalue weighted by Crippen LogP contribution is -2.39. The van der Waals surface area contributed by atoms with Crippen LogP contribution in [0, 0.1) is 0 Å². The average Bonchev–Trinajstić information content (AvgIpc) is 3.32. The fraction of sp³-hybridized carbons (Fsp3) is 0.545. The van der Waals surface area contributed by atoms with E-state index in [1.165, 1.54) is 28.6 Å². The second-order valence-electron chi connectivity index (χ2n) is 11.7. The van der Waals surface area contributed by atoms with E-state index in [0.717, 1.165) is 38.8 Å². The fourth-order valence-electron chi connectivity index (χ4n) is 4.88. The first-order chi connectivity index (χ1) is 20.6. The first-order valence-electron chi connectivity index (χ1n) is 15.4. The van der Waals surface area contributed by atoms with E-state index in [-0.39, 0.29) is 6.09 Å². The summed E-state index contributed by atoms with van der Waals surface area (Å²) in [6.07, 6.45) is 20.6. The minimum absolute atomic E-state index is 0.248. The Morgan fingerprint density at radius 1 is 1.23 bits per heavy atom. The molecule has 0 spiro atoms. The number of amidine groups is 1. The van der Waals surface area contributed by atoms with Gasteiger partial charge < -0.3 is 24.5 Å². The van der Waals surface area contributed by atoms with Gasteiger partial charge in [0.15, 0.2) is 11.4 Å². The summed E-state index contributed by atoms with van der Waals surface area (Å²) in [7, 11) is 0. The van der Waals surface area contributed by atoms with Gasteiger partial charge in [0.05, 0.1) is 6.21 Å². The van der Waals surface area contributed by atoms with Gasteiger partial charge >= 0.3 is 6.09 Å². The van der Waals surface area contributed by atoms with E-state index in [1.54, 1.807) is 18.0 Å². The monoisotopic (exact) mass is 610 g/mol. The van der Waals surface area contributed by atoms with Gasteiger partial charge in [-0.1, -0.05) is 61.6 Å². The third-order valence-corrected chi connectivity index (χ3v) is 8.06. The Labute approximate surface area is 262 Å². The number of carbonyl (C=O) groups is 1. The number of amides is 1. The van der Waals surface area contributed by atoms with Crippen molar-refractivity contribution in [3.8, 4) is 0 Å². The van der Waals surface area contributed by atoms with Crippen molar-refractivity contribution in [1.82, 2.24) is 20.1 Å². The first-order valence-corrected chi connectivity index (χ1v) is 16.3. The largest absolute Gasteiger partial charge is 0.444 e. The summed E-state index contributed by atoms with van der Waals surface area (Å²) in [5.41, 5.74) is 7.36. The molecule has 3 rings (SSSR count). The number of carbonyl (C=O) groups excluding carboxylic acids is 1. The van der Waals surface area contributed by atoms with Crippen LogP contribution in [0.5, 0.6) is 0 Å². The lowest BCUT2D eigenvalue weighted by Gasteiger charge is -2.28. The van der Waals surface area contributed by atoms with Gasteiger partial charge in [-0.25, -0.2) is 9.79 Å². The number of rotatable bonds is 8. The molecule has 2 heterocycles. The summed E-state index contributed by atoms with van der Waals surface area (Å²) in [5, 5.41) is 15.7. The van der Waals surface area contributed by atoms with Gasteiger partial charge in [0, 0.05) is 56.6 Å². The number of nitrogens with zero attached hydrogens (tertiary/aromatic N) is 5. The Kier molecular flexibility index (Phi) is 13.7. The van der Waals surface area contributed by atoms with Crippen LogP contribution in [0.2, 0.25) is 0 Å². The number of aliphatic hydroxyl groups excluding tert-OH is 1. The van der Waals surface area contributed by atoms with Crippen LogP contribution >= 0.6 is 11.8 Å². The zero-order chi connectivity index (χ0) is 31.2. The first kappa shape index (κ1) is 34.3. The number of thioether (sulfide) groups is 1. The number of nitrogens with one attached hydrogen (secondary N) is 1. The van der Waals surface area contributed by atoms with Gasteiger partial charge in [-0.2, -0.15) is 5.10 Å². The van der Waals surface area contributed by atoms with Crippen LogP contribution in [-0.2, 0) is 4.74 Å².